The van der Waals surface area contributed by atoms with E-state index in [0.717, 1.165) is 35.1 Å². The van der Waals surface area contributed by atoms with Crippen LogP contribution in [0.15, 0.2) is 149 Å². The molecule has 0 heterocycles. The van der Waals surface area contributed by atoms with Crippen LogP contribution in [0.4, 0.5) is 0 Å². The van der Waals surface area contributed by atoms with Gasteiger partial charge in [0, 0.05) is 17.9 Å². The van der Waals surface area contributed by atoms with Gasteiger partial charge in [-0.3, -0.25) is 0 Å². The molecule has 0 amide bonds. The lowest BCUT2D eigenvalue weighted by Gasteiger charge is -2.22. The molecular formula is C41H42O2. The summed E-state index contributed by atoms with van der Waals surface area (Å²) in [6.07, 6.45) is 17.6. The molecule has 0 spiro atoms. The van der Waals surface area contributed by atoms with Gasteiger partial charge in [-0.1, -0.05) is 117 Å². The molecule has 0 bridgehead atoms. The first-order chi connectivity index (χ1) is 20.8. The summed E-state index contributed by atoms with van der Waals surface area (Å²) >= 11 is 0. The van der Waals surface area contributed by atoms with Crippen LogP contribution in [0.2, 0.25) is 0 Å². The van der Waals surface area contributed by atoms with E-state index in [1.165, 1.54) is 43.5 Å². The van der Waals surface area contributed by atoms with Crippen molar-refractivity contribution in [2.75, 3.05) is 0 Å². The summed E-state index contributed by atoms with van der Waals surface area (Å²) in [5.41, 5.74) is 8.88. The number of allylic oxidation sites excluding steroid dienone is 13. The van der Waals surface area contributed by atoms with Crippen LogP contribution in [0, 0.1) is 5.92 Å². The minimum atomic E-state index is -0.0576. The molecule has 0 fully saturated rings. The molecule has 0 saturated heterocycles. The molecule has 2 aliphatic rings. The monoisotopic (exact) mass is 566 g/mol. The minimum absolute atomic E-state index is 0.0307. The van der Waals surface area contributed by atoms with Crippen LogP contribution in [0.25, 0.3) is 21.9 Å². The molecule has 0 unspecified atom stereocenters. The van der Waals surface area contributed by atoms with Crippen molar-refractivity contribution in [3.8, 4) is 0 Å². The van der Waals surface area contributed by atoms with Crippen LogP contribution >= 0.6 is 0 Å². The predicted octanol–water partition coefficient (Wildman–Crippen LogP) is 9.62. The topological polar surface area (TPSA) is 40.5 Å². The Bertz CT molecular complexity index is 1900. The van der Waals surface area contributed by atoms with Gasteiger partial charge in [0.2, 0.25) is 0 Å². The first-order valence-electron chi connectivity index (χ1n) is 15.4. The molecule has 0 aromatic heterocycles. The van der Waals surface area contributed by atoms with Crippen molar-refractivity contribution in [3.05, 3.63) is 165 Å². The Morgan fingerprint density at radius 2 is 1.65 bits per heavy atom. The standard InChI is InChI=1S/C41H42O2/c1-6-8-17-31-26-38(41(43)29(5)42)40(28(31)4)34(7-2)39-27(3)16-10-9-11-20-35(36-21-14-15-22-37(36)39)33-24-23-30-18-12-13-19-32(30)25-33/h7-19,21-25,27,42-43H,6,20,26H2,1-5H3/b11-9-,16-10-,17-8-,34-7+,36-35+,39-37+,41-29-/t27-/m1/s1. The molecular weight excluding hydrogens is 524 g/mol. The molecule has 2 N–H and O–H groups in total. The van der Waals surface area contributed by atoms with Crippen molar-refractivity contribution in [3.63, 3.8) is 0 Å². The fraction of sp³-hybridized carbons (Fsp3) is 0.220. The van der Waals surface area contributed by atoms with Gasteiger partial charge in [-0.25, -0.2) is 0 Å². The van der Waals surface area contributed by atoms with E-state index in [0.29, 0.717) is 6.42 Å². The van der Waals surface area contributed by atoms with Crippen LogP contribution in [0.5, 0.6) is 0 Å². The molecule has 2 nitrogen and oxygen atoms in total. The van der Waals surface area contributed by atoms with Crippen LogP contribution in [0.3, 0.4) is 0 Å². The SMILES string of the molecule is C\C=C(C1=C(/C(O)=C(\C)O)CC(/C=C\CC)=C1C)/C1=c2\cccc\c2=C(/c2ccc3ccccc3c2)C/C=C\C=C/[C@H]1C. The van der Waals surface area contributed by atoms with Crippen molar-refractivity contribution < 1.29 is 10.2 Å². The van der Waals surface area contributed by atoms with E-state index in [1.807, 2.05) is 0 Å². The number of aliphatic hydroxyl groups is 2. The molecule has 3 aromatic carbocycles. The van der Waals surface area contributed by atoms with Crippen molar-refractivity contribution in [1.29, 1.82) is 0 Å². The maximum Gasteiger partial charge on any atom is 0.156 e. The normalized spacial score (nSPS) is 22.6. The summed E-state index contributed by atoms with van der Waals surface area (Å²) in [5, 5.41) is 26.5. The second-order valence-electron chi connectivity index (χ2n) is 11.4. The summed E-state index contributed by atoms with van der Waals surface area (Å²) in [6, 6.07) is 24.0. The fourth-order valence-electron chi connectivity index (χ4n) is 6.43. The Morgan fingerprint density at radius 3 is 2.37 bits per heavy atom. The van der Waals surface area contributed by atoms with Crippen LogP contribution in [-0.4, -0.2) is 10.2 Å². The molecule has 0 aliphatic heterocycles. The highest BCUT2D eigenvalue weighted by Gasteiger charge is 2.29. The van der Waals surface area contributed by atoms with Crippen molar-refractivity contribution in [1.82, 2.24) is 0 Å². The Kier molecular flexibility index (Phi) is 9.16. The Morgan fingerprint density at radius 1 is 0.930 bits per heavy atom. The van der Waals surface area contributed by atoms with Gasteiger partial charge in [-0.05, 0) is 99.9 Å². The fourth-order valence-corrected chi connectivity index (χ4v) is 6.43. The number of fused-ring (bicyclic) bond motifs is 2. The number of rotatable bonds is 6. The number of benzene rings is 3. The third-order valence-electron chi connectivity index (χ3n) is 8.62. The van der Waals surface area contributed by atoms with Gasteiger partial charge in [0.15, 0.2) is 5.76 Å². The number of hydrogen-bond donors (Lipinski definition) is 2. The van der Waals surface area contributed by atoms with E-state index in [9.17, 15) is 10.2 Å². The lowest BCUT2D eigenvalue weighted by atomic mass is 9.82. The van der Waals surface area contributed by atoms with E-state index < -0.39 is 0 Å². The molecule has 43 heavy (non-hydrogen) atoms. The van der Waals surface area contributed by atoms with Crippen molar-refractivity contribution in [2.24, 2.45) is 5.92 Å². The highest BCUT2D eigenvalue weighted by molar-refractivity contribution is 5.87. The summed E-state index contributed by atoms with van der Waals surface area (Å²) in [6.45, 7) is 10.2. The zero-order chi connectivity index (χ0) is 30.5. The second kappa shape index (κ2) is 13.2. The summed E-state index contributed by atoms with van der Waals surface area (Å²) in [7, 11) is 0. The van der Waals surface area contributed by atoms with Crippen molar-refractivity contribution in [2.45, 2.75) is 53.9 Å². The number of aliphatic hydroxyl groups excluding tert-OH is 2. The van der Waals surface area contributed by atoms with E-state index in [4.69, 9.17) is 0 Å². The average molecular weight is 567 g/mol. The molecule has 2 heteroatoms. The smallest absolute Gasteiger partial charge is 0.156 e. The molecule has 2 aliphatic carbocycles. The second-order valence-corrected chi connectivity index (χ2v) is 11.4. The summed E-state index contributed by atoms with van der Waals surface area (Å²) < 4.78 is 0. The van der Waals surface area contributed by atoms with Gasteiger partial charge in [0.05, 0.1) is 0 Å². The number of hydrogen-bond acceptors (Lipinski definition) is 2. The summed E-state index contributed by atoms with van der Waals surface area (Å²) in [4.78, 5) is 0. The lowest BCUT2D eigenvalue weighted by Crippen LogP contribution is -2.32. The maximum atomic E-state index is 11.2. The van der Waals surface area contributed by atoms with Gasteiger partial charge in [0.1, 0.15) is 5.76 Å². The van der Waals surface area contributed by atoms with Crippen LogP contribution in [0.1, 0.15) is 59.4 Å². The quantitative estimate of drug-likeness (QED) is 0.292. The van der Waals surface area contributed by atoms with E-state index in [1.54, 1.807) is 6.92 Å². The molecule has 3 aromatic rings. The van der Waals surface area contributed by atoms with Crippen LogP contribution < -0.4 is 10.4 Å². The molecule has 1 atom stereocenters. The summed E-state index contributed by atoms with van der Waals surface area (Å²) in [5.74, 6) is 0.000750. The van der Waals surface area contributed by atoms with Gasteiger partial charge in [-0.2, -0.15) is 0 Å². The Balaban J connectivity index is 1.89. The minimum Gasteiger partial charge on any atom is -0.509 e. The predicted molar refractivity (Wildman–Crippen MR) is 183 cm³/mol. The largest absolute Gasteiger partial charge is 0.509 e. The zero-order valence-corrected chi connectivity index (χ0v) is 26.0. The van der Waals surface area contributed by atoms with Gasteiger partial charge in [-0.15, -0.1) is 0 Å². The molecule has 5 rings (SSSR count). The van der Waals surface area contributed by atoms with E-state index in [2.05, 4.69) is 137 Å². The van der Waals surface area contributed by atoms with Crippen LogP contribution in [-0.2, 0) is 0 Å². The molecule has 0 saturated carbocycles. The first-order valence-corrected chi connectivity index (χ1v) is 15.4. The molecule has 218 valence electrons. The maximum absolute atomic E-state index is 11.2. The van der Waals surface area contributed by atoms with Gasteiger partial charge >= 0.3 is 0 Å². The van der Waals surface area contributed by atoms with E-state index >= 15 is 0 Å². The third kappa shape index (κ3) is 6.01. The van der Waals surface area contributed by atoms with Gasteiger partial charge in [0.25, 0.3) is 0 Å². The Hall–Kier alpha value is -4.56. The average Bonchev–Trinajstić information content (AvgIpc) is 3.34. The van der Waals surface area contributed by atoms with E-state index in [-0.39, 0.29) is 17.4 Å². The third-order valence-corrected chi connectivity index (χ3v) is 8.62. The molecule has 0 radical (unpaired) electrons. The Labute approximate surface area is 256 Å². The highest BCUT2D eigenvalue weighted by Crippen LogP contribution is 2.44. The first kappa shape index (κ1) is 29.9. The zero-order valence-electron chi connectivity index (χ0n) is 26.0. The lowest BCUT2D eigenvalue weighted by molar-refractivity contribution is 0.333. The van der Waals surface area contributed by atoms with Crippen molar-refractivity contribution >= 4 is 21.9 Å². The highest BCUT2D eigenvalue weighted by atomic mass is 16.3. The van der Waals surface area contributed by atoms with Gasteiger partial charge < -0.3 is 10.2 Å².